The highest BCUT2D eigenvalue weighted by molar-refractivity contribution is 7.89. The first-order chi connectivity index (χ1) is 13.6. The molecule has 0 unspecified atom stereocenters. The van der Waals surface area contributed by atoms with Crippen LogP contribution in [0.1, 0.15) is 12.1 Å². The lowest BCUT2D eigenvalue weighted by Crippen LogP contribution is -2.16. The van der Waals surface area contributed by atoms with Gasteiger partial charge in [0, 0.05) is 5.56 Å². The fourth-order valence-electron chi connectivity index (χ4n) is 2.74. The van der Waals surface area contributed by atoms with Crippen LogP contribution in [0.3, 0.4) is 0 Å². The van der Waals surface area contributed by atoms with Gasteiger partial charge in [0.15, 0.2) is 5.75 Å². The molecule has 2 aromatic carbocycles. The zero-order chi connectivity index (χ0) is 21.5. The molecule has 6 nitrogen and oxygen atoms in total. The SMILES string of the molecule is COc1c(Cl)cc(-c2c(Cl)c(C(F)F)nn2-c2ccccc2S(N)(=O)=O)cc1Cl. The van der Waals surface area contributed by atoms with Crippen molar-refractivity contribution in [2.45, 2.75) is 11.3 Å². The summed E-state index contributed by atoms with van der Waals surface area (Å²) in [6.45, 7) is 0. The van der Waals surface area contributed by atoms with E-state index in [1.165, 1.54) is 43.5 Å². The number of rotatable bonds is 5. The van der Waals surface area contributed by atoms with Gasteiger partial charge in [-0.1, -0.05) is 46.9 Å². The average molecular weight is 483 g/mol. The van der Waals surface area contributed by atoms with E-state index in [0.29, 0.717) is 0 Å². The number of benzene rings is 2. The van der Waals surface area contributed by atoms with Crippen molar-refractivity contribution in [2.75, 3.05) is 7.11 Å². The summed E-state index contributed by atoms with van der Waals surface area (Å²) >= 11 is 18.5. The number of methoxy groups -OCH3 is 1. The number of para-hydroxylation sites is 1. The maximum Gasteiger partial charge on any atom is 0.283 e. The average Bonchev–Trinajstić information content (AvgIpc) is 2.98. The Labute approximate surface area is 179 Å². The Hall–Kier alpha value is -1.91. The van der Waals surface area contributed by atoms with E-state index in [2.05, 4.69) is 5.10 Å². The van der Waals surface area contributed by atoms with Gasteiger partial charge in [-0.25, -0.2) is 27.0 Å². The Morgan fingerprint density at radius 3 is 2.24 bits per heavy atom. The molecule has 29 heavy (non-hydrogen) atoms. The number of ether oxygens (including phenoxy) is 1. The van der Waals surface area contributed by atoms with Crippen molar-refractivity contribution in [1.29, 1.82) is 0 Å². The topological polar surface area (TPSA) is 87.2 Å². The Morgan fingerprint density at radius 2 is 1.72 bits per heavy atom. The third kappa shape index (κ3) is 4.06. The molecule has 0 aliphatic heterocycles. The molecule has 0 fully saturated rings. The Bertz CT molecular complexity index is 1180. The largest absolute Gasteiger partial charge is 0.494 e. The van der Waals surface area contributed by atoms with E-state index in [4.69, 9.17) is 44.7 Å². The van der Waals surface area contributed by atoms with Crippen molar-refractivity contribution in [3.8, 4) is 22.7 Å². The highest BCUT2D eigenvalue weighted by Crippen LogP contribution is 2.42. The van der Waals surface area contributed by atoms with Gasteiger partial charge in [-0.15, -0.1) is 0 Å². The van der Waals surface area contributed by atoms with E-state index >= 15 is 0 Å². The number of hydrogen-bond donors (Lipinski definition) is 1. The summed E-state index contributed by atoms with van der Waals surface area (Å²) in [6, 6.07) is 8.29. The third-order valence-electron chi connectivity index (χ3n) is 3.93. The molecule has 0 saturated heterocycles. The predicted octanol–water partition coefficient (Wildman–Crippen LogP) is 5.09. The Balaban J connectivity index is 2.39. The zero-order valence-electron chi connectivity index (χ0n) is 14.5. The Kier molecular flexibility index (Phi) is 6.07. The molecule has 0 saturated carbocycles. The van der Waals surface area contributed by atoms with Crippen LogP contribution in [0.15, 0.2) is 41.3 Å². The van der Waals surface area contributed by atoms with Gasteiger partial charge in [0.1, 0.15) is 10.6 Å². The first-order valence-electron chi connectivity index (χ1n) is 7.78. The molecule has 1 aromatic heterocycles. The van der Waals surface area contributed by atoms with Crippen LogP contribution in [-0.4, -0.2) is 25.3 Å². The monoisotopic (exact) mass is 481 g/mol. The van der Waals surface area contributed by atoms with Gasteiger partial charge in [-0.2, -0.15) is 5.10 Å². The van der Waals surface area contributed by atoms with Crippen LogP contribution in [0, 0.1) is 0 Å². The van der Waals surface area contributed by atoms with Crippen molar-refractivity contribution >= 4 is 44.8 Å². The number of alkyl halides is 2. The van der Waals surface area contributed by atoms with Crippen molar-refractivity contribution in [3.05, 3.63) is 57.2 Å². The first kappa shape index (κ1) is 21.8. The van der Waals surface area contributed by atoms with E-state index in [1.54, 1.807) is 0 Å². The summed E-state index contributed by atoms with van der Waals surface area (Å²) in [5.41, 5.74) is -0.630. The van der Waals surface area contributed by atoms with Crippen molar-refractivity contribution < 1.29 is 21.9 Å². The van der Waals surface area contributed by atoms with Crippen LogP contribution >= 0.6 is 34.8 Å². The van der Waals surface area contributed by atoms with Crippen LogP contribution < -0.4 is 9.88 Å². The van der Waals surface area contributed by atoms with Crippen LogP contribution in [0.5, 0.6) is 5.75 Å². The molecule has 154 valence electrons. The van der Waals surface area contributed by atoms with Crippen LogP contribution in [0.4, 0.5) is 8.78 Å². The van der Waals surface area contributed by atoms with E-state index < -0.39 is 22.1 Å². The Morgan fingerprint density at radius 1 is 1.14 bits per heavy atom. The first-order valence-corrected chi connectivity index (χ1v) is 10.5. The van der Waals surface area contributed by atoms with Gasteiger partial charge < -0.3 is 4.74 Å². The molecule has 1 heterocycles. The zero-order valence-corrected chi connectivity index (χ0v) is 17.6. The molecular formula is C17H12Cl3F2N3O3S. The highest BCUT2D eigenvalue weighted by atomic mass is 35.5. The van der Waals surface area contributed by atoms with E-state index in [0.717, 1.165) is 4.68 Å². The number of nitrogens with zero attached hydrogens (tertiary/aromatic N) is 2. The second kappa shape index (κ2) is 8.08. The van der Waals surface area contributed by atoms with Crippen LogP contribution in [0.2, 0.25) is 15.1 Å². The number of halogens is 5. The summed E-state index contributed by atoms with van der Waals surface area (Å²) in [5, 5.41) is 8.90. The molecule has 2 N–H and O–H groups in total. The van der Waals surface area contributed by atoms with Crippen LogP contribution in [-0.2, 0) is 10.0 Å². The van der Waals surface area contributed by atoms with Gasteiger partial charge in [0.25, 0.3) is 6.43 Å². The summed E-state index contributed by atoms with van der Waals surface area (Å²) in [7, 11) is -2.83. The maximum atomic E-state index is 13.5. The number of hydrogen-bond acceptors (Lipinski definition) is 4. The standard InChI is InChI=1S/C17H12Cl3F2N3O3S/c1-28-16-9(18)6-8(7-10(16)19)15-13(20)14(17(21)22)24-25(15)11-4-2-3-5-12(11)29(23,26)27/h2-7,17H,1H3,(H2,23,26,27). The van der Waals surface area contributed by atoms with Gasteiger partial charge in [-0.3, -0.25) is 0 Å². The highest BCUT2D eigenvalue weighted by Gasteiger charge is 2.28. The molecule has 0 amide bonds. The summed E-state index contributed by atoms with van der Waals surface area (Å²) < 4.78 is 57.0. The molecule has 0 atom stereocenters. The summed E-state index contributed by atoms with van der Waals surface area (Å²) in [5.74, 6) is 0.179. The molecule has 0 radical (unpaired) electrons. The number of nitrogens with two attached hydrogens (primary N) is 1. The minimum Gasteiger partial charge on any atom is -0.494 e. The molecule has 0 aliphatic carbocycles. The van der Waals surface area contributed by atoms with Crippen molar-refractivity contribution in [1.82, 2.24) is 9.78 Å². The fraction of sp³-hybridized carbons (Fsp3) is 0.118. The lowest BCUT2D eigenvalue weighted by atomic mass is 10.1. The number of sulfonamides is 1. The molecule has 0 aliphatic rings. The molecular weight excluding hydrogens is 471 g/mol. The number of primary sulfonamides is 1. The lowest BCUT2D eigenvalue weighted by molar-refractivity contribution is 0.145. The quantitative estimate of drug-likeness (QED) is 0.548. The predicted molar refractivity (Wildman–Crippen MR) is 107 cm³/mol. The molecule has 0 bridgehead atoms. The minimum absolute atomic E-state index is 0.0375. The van der Waals surface area contributed by atoms with Gasteiger partial charge >= 0.3 is 0 Å². The van der Waals surface area contributed by atoms with Gasteiger partial charge in [-0.05, 0) is 24.3 Å². The number of aromatic nitrogens is 2. The second-order valence-electron chi connectivity index (χ2n) is 5.75. The smallest absolute Gasteiger partial charge is 0.283 e. The molecule has 12 heteroatoms. The van der Waals surface area contributed by atoms with Gasteiger partial charge in [0.05, 0.1) is 33.6 Å². The van der Waals surface area contributed by atoms with E-state index in [1.807, 2.05) is 0 Å². The van der Waals surface area contributed by atoms with Crippen LogP contribution in [0.25, 0.3) is 16.9 Å². The molecule has 0 spiro atoms. The lowest BCUT2D eigenvalue weighted by Gasteiger charge is -2.13. The molecule has 3 aromatic rings. The van der Waals surface area contributed by atoms with Crippen molar-refractivity contribution in [2.24, 2.45) is 5.14 Å². The third-order valence-corrected chi connectivity index (χ3v) is 5.83. The summed E-state index contributed by atoms with van der Waals surface area (Å²) in [6.07, 6.45) is -3.02. The van der Waals surface area contributed by atoms with Gasteiger partial charge in [0.2, 0.25) is 10.0 Å². The van der Waals surface area contributed by atoms with E-state index in [9.17, 15) is 17.2 Å². The molecule has 3 rings (SSSR count). The van der Waals surface area contributed by atoms with E-state index in [-0.39, 0.29) is 42.7 Å². The normalized spacial score (nSPS) is 11.9. The maximum absolute atomic E-state index is 13.5. The van der Waals surface area contributed by atoms with Crippen molar-refractivity contribution in [3.63, 3.8) is 0 Å². The minimum atomic E-state index is -4.19. The fourth-order valence-corrected chi connectivity index (χ4v) is 4.41. The second-order valence-corrected chi connectivity index (χ2v) is 8.47. The summed E-state index contributed by atoms with van der Waals surface area (Å²) in [4.78, 5) is -0.327.